The van der Waals surface area contributed by atoms with E-state index in [1.807, 2.05) is 42.5 Å². The summed E-state index contributed by atoms with van der Waals surface area (Å²) < 4.78 is 12.4. The van der Waals surface area contributed by atoms with Crippen LogP contribution >= 0.6 is 11.3 Å². The highest BCUT2D eigenvalue weighted by atomic mass is 32.1. The van der Waals surface area contributed by atoms with Crippen molar-refractivity contribution in [1.29, 1.82) is 0 Å². The van der Waals surface area contributed by atoms with Crippen LogP contribution in [0.25, 0.3) is 16.3 Å². The van der Waals surface area contributed by atoms with Crippen molar-refractivity contribution >= 4 is 38.7 Å². The normalized spacial score (nSPS) is 13.7. The number of hydrogen-bond donors (Lipinski definition) is 0. The number of nitrogens with zero attached hydrogens (tertiary/aromatic N) is 2. The number of carbonyl (C=O) groups excluding carboxylic acids is 1. The van der Waals surface area contributed by atoms with E-state index in [0.29, 0.717) is 18.3 Å². The zero-order chi connectivity index (χ0) is 17.9. The molecule has 1 aliphatic heterocycles. The minimum atomic E-state index is -0.129. The molecule has 0 unspecified atom stereocenters. The van der Waals surface area contributed by atoms with E-state index in [0.717, 1.165) is 33.7 Å². The van der Waals surface area contributed by atoms with Gasteiger partial charge in [0.2, 0.25) is 0 Å². The van der Waals surface area contributed by atoms with E-state index >= 15 is 0 Å². The van der Waals surface area contributed by atoms with Crippen molar-refractivity contribution in [3.63, 3.8) is 0 Å². The first-order chi connectivity index (χ1) is 12.7. The molecule has 4 rings (SSSR count). The molecule has 0 N–H and O–H groups in total. The molecule has 0 saturated heterocycles. The summed E-state index contributed by atoms with van der Waals surface area (Å²) in [6.45, 7) is 1.30. The molecule has 1 amide bonds. The molecule has 3 aromatic rings. The summed E-state index contributed by atoms with van der Waals surface area (Å²) >= 11 is 1.50. The average molecular weight is 366 g/mol. The monoisotopic (exact) mass is 366 g/mol. The zero-order valence-corrected chi connectivity index (χ0v) is 15.2. The molecule has 1 aliphatic rings. The van der Waals surface area contributed by atoms with Crippen molar-refractivity contribution in [2.45, 2.75) is 6.42 Å². The van der Waals surface area contributed by atoms with Crippen molar-refractivity contribution in [2.75, 3.05) is 25.2 Å². The molecule has 0 saturated carbocycles. The molecule has 5 nitrogen and oxygen atoms in total. The van der Waals surface area contributed by atoms with Gasteiger partial charge >= 0.3 is 0 Å². The molecule has 0 spiro atoms. The van der Waals surface area contributed by atoms with Gasteiger partial charge in [-0.15, -0.1) is 0 Å². The Morgan fingerprint density at radius 3 is 2.81 bits per heavy atom. The van der Waals surface area contributed by atoms with Crippen molar-refractivity contribution in [1.82, 2.24) is 4.98 Å². The second-order valence-corrected chi connectivity index (χ2v) is 6.96. The summed E-state index contributed by atoms with van der Waals surface area (Å²) in [6.07, 6.45) is 4.19. The predicted molar refractivity (Wildman–Crippen MR) is 104 cm³/mol. The lowest BCUT2D eigenvalue weighted by Crippen LogP contribution is -2.23. The van der Waals surface area contributed by atoms with E-state index in [1.54, 1.807) is 24.1 Å². The Morgan fingerprint density at radius 2 is 1.96 bits per heavy atom. The number of likely N-dealkylation sites (N-methyl/N-ethyl adjacent to an activating group) is 1. The number of carbonyl (C=O) groups is 1. The topological polar surface area (TPSA) is 51.7 Å². The molecule has 0 aliphatic carbocycles. The molecule has 6 heteroatoms. The number of aromatic nitrogens is 1. The van der Waals surface area contributed by atoms with Crippen LogP contribution < -0.4 is 14.4 Å². The van der Waals surface area contributed by atoms with Crippen molar-refractivity contribution in [2.24, 2.45) is 0 Å². The van der Waals surface area contributed by atoms with Gasteiger partial charge in [0, 0.05) is 19.5 Å². The van der Waals surface area contributed by atoms with Gasteiger partial charge in [-0.1, -0.05) is 29.5 Å². The van der Waals surface area contributed by atoms with Crippen LogP contribution in [0.1, 0.15) is 12.0 Å². The van der Waals surface area contributed by atoms with E-state index < -0.39 is 0 Å². The van der Waals surface area contributed by atoms with E-state index in [2.05, 4.69) is 4.98 Å². The van der Waals surface area contributed by atoms with Crippen LogP contribution in [-0.2, 0) is 4.79 Å². The van der Waals surface area contributed by atoms with Gasteiger partial charge in [-0.05, 0) is 35.9 Å². The lowest BCUT2D eigenvalue weighted by Gasteiger charge is -2.10. The highest BCUT2D eigenvalue weighted by Gasteiger charge is 2.13. The van der Waals surface area contributed by atoms with Gasteiger partial charge in [-0.3, -0.25) is 9.69 Å². The lowest BCUT2D eigenvalue weighted by atomic mass is 10.2. The molecule has 1 aromatic heterocycles. The van der Waals surface area contributed by atoms with E-state index in [4.69, 9.17) is 9.47 Å². The van der Waals surface area contributed by atoms with Crippen LogP contribution in [0.3, 0.4) is 0 Å². The number of fused-ring (bicyclic) bond motifs is 2. The van der Waals surface area contributed by atoms with Gasteiger partial charge in [0.25, 0.3) is 5.91 Å². The molecule has 2 aromatic carbocycles. The number of thiazole rings is 1. The second-order valence-electron chi connectivity index (χ2n) is 5.95. The standard InChI is InChI=1S/C20H18N2O3S/c1-22(20-21-15-5-2-3-6-18(15)26-20)19(23)10-8-14-7-9-16-17(13-14)25-12-4-11-24-16/h2-3,5-10,13H,4,11-12H2,1H3/b10-8+. The smallest absolute Gasteiger partial charge is 0.252 e. The fourth-order valence-corrected chi connectivity index (χ4v) is 3.59. The van der Waals surface area contributed by atoms with E-state index in [9.17, 15) is 4.79 Å². The molecule has 2 heterocycles. The number of anilines is 1. The summed E-state index contributed by atoms with van der Waals surface area (Å²) in [7, 11) is 1.73. The summed E-state index contributed by atoms with van der Waals surface area (Å²) in [5, 5.41) is 0.680. The Bertz CT molecular complexity index is 947. The first-order valence-corrected chi connectivity index (χ1v) is 9.23. The third kappa shape index (κ3) is 3.41. The van der Waals surface area contributed by atoms with Gasteiger partial charge in [0.1, 0.15) is 0 Å². The minimum Gasteiger partial charge on any atom is -0.490 e. The number of benzene rings is 2. The number of hydrogen-bond acceptors (Lipinski definition) is 5. The molecule has 0 bridgehead atoms. The summed E-state index contributed by atoms with van der Waals surface area (Å²) in [5.41, 5.74) is 1.79. The van der Waals surface area contributed by atoms with Crippen LogP contribution in [0, 0.1) is 0 Å². The van der Waals surface area contributed by atoms with Gasteiger partial charge < -0.3 is 9.47 Å². The quantitative estimate of drug-likeness (QED) is 0.654. The maximum atomic E-state index is 12.5. The Kier molecular flexibility index (Phi) is 4.58. The fourth-order valence-electron chi connectivity index (χ4n) is 2.66. The Balaban J connectivity index is 1.51. The number of ether oxygens (including phenoxy) is 2. The van der Waals surface area contributed by atoms with Crippen LogP contribution in [-0.4, -0.2) is 31.2 Å². The number of rotatable bonds is 3. The van der Waals surface area contributed by atoms with Gasteiger partial charge in [0.15, 0.2) is 16.6 Å². The molecule has 0 fully saturated rings. The average Bonchev–Trinajstić information content (AvgIpc) is 2.96. The minimum absolute atomic E-state index is 0.129. The maximum Gasteiger partial charge on any atom is 0.252 e. The van der Waals surface area contributed by atoms with Gasteiger partial charge in [-0.25, -0.2) is 4.98 Å². The predicted octanol–water partition coefficient (Wildman–Crippen LogP) is 4.13. The van der Waals surface area contributed by atoms with E-state index in [1.165, 1.54) is 11.3 Å². The highest BCUT2D eigenvalue weighted by molar-refractivity contribution is 7.22. The van der Waals surface area contributed by atoms with Crippen molar-refractivity contribution in [3.8, 4) is 11.5 Å². The fraction of sp³-hybridized carbons (Fsp3) is 0.200. The summed E-state index contributed by atoms with van der Waals surface area (Å²) in [6, 6.07) is 13.5. The van der Waals surface area contributed by atoms with Crippen molar-refractivity contribution in [3.05, 3.63) is 54.1 Å². The summed E-state index contributed by atoms with van der Waals surface area (Å²) in [5.74, 6) is 1.34. The first kappa shape index (κ1) is 16.6. The molecule has 0 radical (unpaired) electrons. The largest absolute Gasteiger partial charge is 0.490 e. The molecule has 132 valence electrons. The van der Waals surface area contributed by atoms with Crippen molar-refractivity contribution < 1.29 is 14.3 Å². The van der Waals surface area contributed by atoms with Gasteiger partial charge in [0.05, 0.1) is 23.4 Å². The van der Waals surface area contributed by atoms with E-state index in [-0.39, 0.29) is 5.91 Å². The first-order valence-electron chi connectivity index (χ1n) is 8.42. The van der Waals surface area contributed by atoms with Crippen LogP contribution in [0.5, 0.6) is 11.5 Å². The zero-order valence-electron chi connectivity index (χ0n) is 14.3. The SMILES string of the molecule is CN(C(=O)/C=C/c1ccc2c(c1)OCCCO2)c1nc2ccccc2s1. The lowest BCUT2D eigenvalue weighted by molar-refractivity contribution is -0.113. The Labute approximate surface area is 155 Å². The third-order valence-corrected chi connectivity index (χ3v) is 5.20. The highest BCUT2D eigenvalue weighted by Crippen LogP contribution is 2.31. The van der Waals surface area contributed by atoms with Crippen LogP contribution in [0.15, 0.2) is 48.5 Å². The third-order valence-electron chi connectivity index (χ3n) is 4.09. The Hall–Kier alpha value is -2.86. The maximum absolute atomic E-state index is 12.5. The summed E-state index contributed by atoms with van der Waals surface area (Å²) in [4.78, 5) is 18.6. The van der Waals surface area contributed by atoms with Gasteiger partial charge in [-0.2, -0.15) is 0 Å². The number of amides is 1. The molecular weight excluding hydrogens is 348 g/mol. The molecule has 0 atom stereocenters. The Morgan fingerprint density at radius 1 is 1.15 bits per heavy atom. The molecular formula is C20H18N2O3S. The number of para-hydroxylation sites is 1. The molecule has 26 heavy (non-hydrogen) atoms. The van der Waals surface area contributed by atoms with Crippen LogP contribution in [0.4, 0.5) is 5.13 Å². The second kappa shape index (κ2) is 7.17. The van der Waals surface area contributed by atoms with Crippen LogP contribution in [0.2, 0.25) is 0 Å².